The predicted octanol–water partition coefficient (Wildman–Crippen LogP) is 0.877. The molecule has 0 radical (unpaired) electrons. The molecule has 0 bridgehead atoms. The Kier molecular flexibility index (Phi) is 2.31. The van der Waals surface area contributed by atoms with Gasteiger partial charge in [0.15, 0.2) is 0 Å². The average Bonchev–Trinajstić information content (AvgIpc) is 2.00. The van der Waals surface area contributed by atoms with E-state index in [4.69, 9.17) is 0 Å². The zero-order valence-electron chi connectivity index (χ0n) is 6.99. The molecular formula is C8H13N3. The number of aliphatic imine (C=N–C) groups is 1. The number of hydrogen-bond donors (Lipinski definition) is 0. The van der Waals surface area contributed by atoms with Gasteiger partial charge in [-0.25, -0.2) is 0 Å². The topological polar surface area (TPSA) is 18.8 Å². The van der Waals surface area contributed by atoms with E-state index in [9.17, 15) is 0 Å². The second-order valence-corrected chi connectivity index (χ2v) is 2.54. The molecule has 1 aliphatic heterocycles. The summed E-state index contributed by atoms with van der Waals surface area (Å²) in [5.74, 6) is 0.957. The van der Waals surface area contributed by atoms with Crippen LogP contribution < -0.4 is 0 Å². The highest BCUT2D eigenvalue weighted by Gasteiger charge is 2.04. The van der Waals surface area contributed by atoms with Gasteiger partial charge in [-0.2, -0.15) is 0 Å². The molecule has 0 saturated heterocycles. The van der Waals surface area contributed by atoms with Crippen LogP contribution in [-0.4, -0.2) is 36.8 Å². The first-order valence-corrected chi connectivity index (χ1v) is 3.51. The Morgan fingerprint density at radius 3 is 3.00 bits per heavy atom. The molecule has 0 unspecified atom stereocenters. The van der Waals surface area contributed by atoms with E-state index >= 15 is 0 Å². The molecular weight excluding hydrogens is 138 g/mol. The molecule has 0 atom stereocenters. The SMILES string of the molecule is C=C1N(C)/C=C\C=NCN1C. The molecule has 3 heteroatoms. The Labute approximate surface area is 67.3 Å². The standard InChI is InChI=1S/C8H13N3/c1-8-10(2)6-4-5-9-7-11(8)3/h4-6H,1,7H2,2-3H3/b6-4-,9-5?. The van der Waals surface area contributed by atoms with Crippen LogP contribution in [0.3, 0.4) is 0 Å². The maximum atomic E-state index is 4.12. The molecule has 0 aromatic heterocycles. The molecule has 11 heavy (non-hydrogen) atoms. The summed E-state index contributed by atoms with van der Waals surface area (Å²) in [5, 5.41) is 0. The highest BCUT2D eigenvalue weighted by molar-refractivity contribution is 5.70. The third-order valence-corrected chi connectivity index (χ3v) is 1.64. The number of rotatable bonds is 0. The van der Waals surface area contributed by atoms with Crippen LogP contribution >= 0.6 is 0 Å². The summed E-state index contributed by atoms with van der Waals surface area (Å²) in [6.07, 6.45) is 5.62. The summed E-state index contributed by atoms with van der Waals surface area (Å²) < 4.78 is 0. The van der Waals surface area contributed by atoms with Crippen molar-refractivity contribution in [1.29, 1.82) is 0 Å². The Bertz CT molecular complexity index is 205. The van der Waals surface area contributed by atoms with E-state index in [0.29, 0.717) is 6.67 Å². The van der Waals surface area contributed by atoms with Crippen molar-refractivity contribution in [3.63, 3.8) is 0 Å². The van der Waals surface area contributed by atoms with E-state index in [0.717, 1.165) is 5.82 Å². The zero-order chi connectivity index (χ0) is 8.27. The van der Waals surface area contributed by atoms with E-state index in [-0.39, 0.29) is 0 Å². The lowest BCUT2D eigenvalue weighted by molar-refractivity contribution is 0.327. The third kappa shape index (κ3) is 1.83. The molecule has 0 spiro atoms. The Balaban J connectivity index is 2.75. The minimum absolute atomic E-state index is 0.674. The van der Waals surface area contributed by atoms with Gasteiger partial charge in [-0.1, -0.05) is 6.58 Å². The van der Waals surface area contributed by atoms with Gasteiger partial charge in [0.25, 0.3) is 0 Å². The highest BCUT2D eigenvalue weighted by Crippen LogP contribution is 2.05. The summed E-state index contributed by atoms with van der Waals surface area (Å²) in [7, 11) is 3.93. The number of allylic oxidation sites excluding steroid dienone is 1. The lowest BCUT2D eigenvalue weighted by Gasteiger charge is -2.26. The average molecular weight is 151 g/mol. The van der Waals surface area contributed by atoms with Gasteiger partial charge >= 0.3 is 0 Å². The Morgan fingerprint density at radius 2 is 2.27 bits per heavy atom. The van der Waals surface area contributed by atoms with Crippen LogP contribution in [-0.2, 0) is 0 Å². The molecule has 1 aliphatic rings. The quantitative estimate of drug-likeness (QED) is 0.511. The third-order valence-electron chi connectivity index (χ3n) is 1.64. The molecule has 60 valence electrons. The fraction of sp³-hybridized carbons (Fsp3) is 0.375. The van der Waals surface area contributed by atoms with Gasteiger partial charge in [-0.05, 0) is 6.08 Å². The van der Waals surface area contributed by atoms with Crippen LogP contribution in [0.25, 0.3) is 0 Å². The van der Waals surface area contributed by atoms with Gasteiger partial charge in [0.1, 0.15) is 12.5 Å². The van der Waals surface area contributed by atoms with E-state index in [2.05, 4.69) is 11.6 Å². The van der Waals surface area contributed by atoms with Crippen molar-refractivity contribution in [3.8, 4) is 0 Å². The van der Waals surface area contributed by atoms with Crippen molar-refractivity contribution in [2.45, 2.75) is 0 Å². The van der Waals surface area contributed by atoms with E-state index < -0.39 is 0 Å². The van der Waals surface area contributed by atoms with Gasteiger partial charge in [0.2, 0.25) is 0 Å². The van der Waals surface area contributed by atoms with Crippen LogP contribution in [0.1, 0.15) is 0 Å². The van der Waals surface area contributed by atoms with Crippen molar-refractivity contribution < 1.29 is 0 Å². The normalized spacial score (nSPS) is 21.5. The van der Waals surface area contributed by atoms with Crippen molar-refractivity contribution in [3.05, 3.63) is 24.7 Å². The van der Waals surface area contributed by atoms with E-state index in [1.54, 1.807) is 6.21 Å². The largest absolute Gasteiger partial charge is 0.342 e. The Hall–Kier alpha value is -1.25. The lowest BCUT2D eigenvalue weighted by Crippen LogP contribution is -2.27. The van der Waals surface area contributed by atoms with Crippen LogP contribution in [0.2, 0.25) is 0 Å². The minimum atomic E-state index is 0.674. The highest BCUT2D eigenvalue weighted by atomic mass is 15.3. The Morgan fingerprint density at radius 1 is 1.55 bits per heavy atom. The van der Waals surface area contributed by atoms with Gasteiger partial charge in [-0.15, -0.1) is 0 Å². The zero-order valence-corrected chi connectivity index (χ0v) is 6.99. The van der Waals surface area contributed by atoms with Crippen molar-refractivity contribution in [2.75, 3.05) is 20.8 Å². The molecule has 0 saturated carbocycles. The van der Waals surface area contributed by atoms with Crippen molar-refractivity contribution in [2.24, 2.45) is 4.99 Å². The van der Waals surface area contributed by atoms with E-state index in [1.807, 2.05) is 36.2 Å². The van der Waals surface area contributed by atoms with Crippen molar-refractivity contribution in [1.82, 2.24) is 9.80 Å². The molecule has 0 N–H and O–H groups in total. The number of nitrogens with zero attached hydrogens (tertiary/aromatic N) is 3. The molecule has 0 aromatic carbocycles. The smallest absolute Gasteiger partial charge is 0.111 e. The summed E-state index contributed by atoms with van der Waals surface area (Å²) in [6, 6.07) is 0. The summed E-state index contributed by atoms with van der Waals surface area (Å²) in [5.41, 5.74) is 0. The molecule has 0 amide bonds. The summed E-state index contributed by atoms with van der Waals surface area (Å²) in [6.45, 7) is 4.58. The number of hydrogen-bond acceptors (Lipinski definition) is 3. The van der Waals surface area contributed by atoms with Gasteiger partial charge in [0, 0.05) is 26.5 Å². The van der Waals surface area contributed by atoms with Crippen LogP contribution in [0.4, 0.5) is 0 Å². The fourth-order valence-electron chi connectivity index (χ4n) is 0.835. The lowest BCUT2D eigenvalue weighted by atomic mass is 10.5. The molecule has 0 aliphatic carbocycles. The van der Waals surface area contributed by atoms with E-state index in [1.165, 1.54) is 0 Å². The first-order chi connectivity index (χ1) is 5.22. The first kappa shape index (κ1) is 7.85. The monoisotopic (exact) mass is 151 g/mol. The van der Waals surface area contributed by atoms with Gasteiger partial charge in [-0.3, -0.25) is 4.99 Å². The van der Waals surface area contributed by atoms with Crippen molar-refractivity contribution >= 4 is 6.21 Å². The van der Waals surface area contributed by atoms with Crippen LogP contribution in [0.15, 0.2) is 29.7 Å². The summed E-state index contributed by atoms with van der Waals surface area (Å²) in [4.78, 5) is 8.07. The summed E-state index contributed by atoms with van der Waals surface area (Å²) >= 11 is 0. The molecule has 0 fully saturated rings. The second kappa shape index (κ2) is 3.23. The minimum Gasteiger partial charge on any atom is -0.342 e. The fourth-order valence-corrected chi connectivity index (χ4v) is 0.835. The van der Waals surface area contributed by atoms with Crippen LogP contribution in [0.5, 0.6) is 0 Å². The van der Waals surface area contributed by atoms with Gasteiger partial charge in [0.05, 0.1) is 0 Å². The maximum Gasteiger partial charge on any atom is 0.111 e. The maximum absolute atomic E-state index is 4.12. The first-order valence-electron chi connectivity index (χ1n) is 3.51. The van der Waals surface area contributed by atoms with Gasteiger partial charge < -0.3 is 9.80 Å². The molecule has 3 nitrogen and oxygen atoms in total. The van der Waals surface area contributed by atoms with Crippen LogP contribution in [0, 0.1) is 0 Å². The molecule has 1 heterocycles. The second-order valence-electron chi connectivity index (χ2n) is 2.54. The predicted molar refractivity (Wildman–Crippen MR) is 47.2 cm³/mol. The molecule has 1 rings (SSSR count). The molecule has 0 aromatic rings.